The van der Waals surface area contributed by atoms with E-state index in [2.05, 4.69) is 52.7 Å². The molecule has 132 valence electrons. The molecule has 0 aromatic carbocycles. The smallest absolute Gasteiger partial charge is 0.223 e. The van der Waals surface area contributed by atoms with E-state index in [1.165, 1.54) is 6.33 Å². The number of aryl methyl sites for hydroxylation is 2. The monoisotopic (exact) mass is 412 g/mol. The lowest BCUT2D eigenvalue weighted by molar-refractivity contribution is 0.589. The van der Waals surface area contributed by atoms with Crippen LogP contribution in [0.2, 0.25) is 0 Å². The Morgan fingerprint density at radius 3 is 3.08 bits per heavy atom. The molecule has 1 aliphatic heterocycles. The van der Waals surface area contributed by atoms with Crippen LogP contribution in [0.1, 0.15) is 17.7 Å². The summed E-state index contributed by atoms with van der Waals surface area (Å²) in [7, 11) is 0. The van der Waals surface area contributed by atoms with E-state index in [0.29, 0.717) is 29.5 Å². The number of nitriles is 1. The van der Waals surface area contributed by atoms with E-state index in [1.807, 2.05) is 25.2 Å². The van der Waals surface area contributed by atoms with Gasteiger partial charge in [0.2, 0.25) is 5.95 Å². The quantitative estimate of drug-likeness (QED) is 0.426. The summed E-state index contributed by atoms with van der Waals surface area (Å²) < 4.78 is 2.56. The molecule has 0 radical (unpaired) electrons. The maximum absolute atomic E-state index is 9.64. The van der Waals surface area contributed by atoms with Crippen molar-refractivity contribution in [1.82, 2.24) is 30.0 Å². The Balaban J connectivity index is 1.73. The average Bonchev–Trinajstić information content (AvgIpc) is 3.15. The minimum Gasteiger partial charge on any atom is -0.354 e. The fourth-order valence-electron chi connectivity index (χ4n) is 2.40. The van der Waals surface area contributed by atoms with Crippen molar-refractivity contribution in [3.05, 3.63) is 58.6 Å². The van der Waals surface area contributed by atoms with Crippen LogP contribution in [0.5, 0.6) is 0 Å². The van der Waals surface area contributed by atoms with Crippen molar-refractivity contribution in [1.29, 1.82) is 5.26 Å². The van der Waals surface area contributed by atoms with E-state index in [0.717, 1.165) is 23.1 Å². The highest BCUT2D eigenvalue weighted by Crippen LogP contribution is 2.23. The molecule has 0 saturated carbocycles. The van der Waals surface area contributed by atoms with E-state index in [1.54, 1.807) is 17.2 Å². The molecule has 0 amide bonds. The fourth-order valence-corrected chi connectivity index (χ4v) is 2.76. The first kappa shape index (κ1) is 17.8. The molecule has 0 fully saturated rings. The first-order valence-electron chi connectivity index (χ1n) is 8.03. The fraction of sp³-hybridized carbons (Fsp3) is 0.235. The Bertz CT molecular complexity index is 905. The summed E-state index contributed by atoms with van der Waals surface area (Å²) in [5.41, 5.74) is 2.61. The standard InChI is InChI=1S/C17H17BrN8/c1-12-9-22-17(21-6-3-7-26-11-20-10-23-26)25-16(12)13(8-19)14-4-2-5-15(18)24-14/h2,4-5,9-11,24H,3,6-7H2,1H3,(H,21,22,25)/b14-13+. The van der Waals surface area contributed by atoms with E-state index in [9.17, 15) is 5.26 Å². The topological polar surface area (TPSA) is 104 Å². The number of aromatic nitrogens is 5. The summed E-state index contributed by atoms with van der Waals surface area (Å²) in [4.78, 5) is 12.7. The zero-order valence-electron chi connectivity index (χ0n) is 14.1. The first-order chi connectivity index (χ1) is 12.7. The van der Waals surface area contributed by atoms with Crippen LogP contribution in [0.4, 0.5) is 5.95 Å². The summed E-state index contributed by atoms with van der Waals surface area (Å²) in [6.07, 6.45) is 11.3. The Morgan fingerprint density at radius 2 is 2.35 bits per heavy atom. The van der Waals surface area contributed by atoms with Gasteiger partial charge in [-0.1, -0.05) is 6.08 Å². The molecule has 0 saturated heterocycles. The number of dihydropyridines is 1. The Morgan fingerprint density at radius 1 is 1.46 bits per heavy atom. The molecule has 1 aliphatic rings. The zero-order valence-corrected chi connectivity index (χ0v) is 15.7. The SMILES string of the molecule is Cc1cnc(NCCCn2cncn2)nc1/C(C#N)=C1\C=CC=C(Br)N1. The van der Waals surface area contributed by atoms with Gasteiger partial charge in [-0.3, -0.25) is 4.68 Å². The molecular weight excluding hydrogens is 396 g/mol. The van der Waals surface area contributed by atoms with Crippen LogP contribution in [0.3, 0.4) is 0 Å². The normalized spacial score (nSPS) is 15.0. The van der Waals surface area contributed by atoms with Crippen LogP contribution >= 0.6 is 15.9 Å². The Hall–Kier alpha value is -2.99. The van der Waals surface area contributed by atoms with Crippen molar-refractivity contribution in [2.24, 2.45) is 0 Å². The largest absolute Gasteiger partial charge is 0.354 e. The average molecular weight is 413 g/mol. The van der Waals surface area contributed by atoms with Crippen molar-refractivity contribution in [3.63, 3.8) is 0 Å². The van der Waals surface area contributed by atoms with E-state index in [4.69, 9.17) is 0 Å². The summed E-state index contributed by atoms with van der Waals surface area (Å²) in [5.74, 6) is 0.493. The number of nitrogens with one attached hydrogen (secondary N) is 2. The predicted molar refractivity (Wildman–Crippen MR) is 102 cm³/mol. The molecule has 3 heterocycles. The third-order valence-electron chi connectivity index (χ3n) is 3.66. The van der Waals surface area contributed by atoms with Crippen LogP contribution < -0.4 is 10.6 Å². The lowest BCUT2D eigenvalue weighted by atomic mass is 10.1. The predicted octanol–water partition coefficient (Wildman–Crippen LogP) is 2.51. The van der Waals surface area contributed by atoms with Gasteiger partial charge in [0.1, 0.15) is 24.3 Å². The second kappa shape index (κ2) is 8.40. The van der Waals surface area contributed by atoms with E-state index >= 15 is 0 Å². The first-order valence-corrected chi connectivity index (χ1v) is 8.82. The molecule has 9 heteroatoms. The summed E-state index contributed by atoms with van der Waals surface area (Å²) in [6, 6.07) is 2.24. The van der Waals surface area contributed by atoms with Gasteiger partial charge in [0, 0.05) is 19.3 Å². The van der Waals surface area contributed by atoms with Gasteiger partial charge in [-0.25, -0.2) is 15.0 Å². The second-order valence-corrected chi connectivity index (χ2v) is 6.42. The number of halogens is 1. The molecule has 0 atom stereocenters. The maximum Gasteiger partial charge on any atom is 0.223 e. The van der Waals surface area contributed by atoms with E-state index in [-0.39, 0.29) is 0 Å². The molecule has 0 unspecified atom stereocenters. The summed E-state index contributed by atoms with van der Waals surface area (Å²) >= 11 is 3.39. The third-order valence-corrected chi connectivity index (χ3v) is 4.13. The third kappa shape index (κ3) is 4.34. The van der Waals surface area contributed by atoms with Crippen LogP contribution in [0.15, 0.2) is 47.4 Å². The van der Waals surface area contributed by atoms with Gasteiger partial charge in [0.15, 0.2) is 0 Å². The lowest BCUT2D eigenvalue weighted by Crippen LogP contribution is -2.14. The zero-order chi connectivity index (χ0) is 18.4. The second-order valence-electron chi connectivity index (χ2n) is 5.56. The maximum atomic E-state index is 9.64. The molecular formula is C17H17BrN8. The number of rotatable bonds is 6. The van der Waals surface area contributed by atoms with Crippen molar-refractivity contribution in [3.8, 4) is 6.07 Å². The van der Waals surface area contributed by atoms with Gasteiger partial charge < -0.3 is 10.6 Å². The number of hydrogen-bond acceptors (Lipinski definition) is 7. The summed E-state index contributed by atoms with van der Waals surface area (Å²) in [5, 5.41) is 20.0. The Kier molecular flexibility index (Phi) is 5.76. The highest BCUT2D eigenvalue weighted by molar-refractivity contribution is 9.11. The minimum atomic E-state index is 0.469. The van der Waals surface area contributed by atoms with Gasteiger partial charge in [0.25, 0.3) is 0 Å². The van der Waals surface area contributed by atoms with Crippen molar-refractivity contribution in [2.45, 2.75) is 19.9 Å². The van der Waals surface area contributed by atoms with Crippen LogP contribution in [0.25, 0.3) is 5.57 Å². The minimum absolute atomic E-state index is 0.469. The molecule has 2 aromatic rings. The van der Waals surface area contributed by atoms with Crippen LogP contribution in [-0.4, -0.2) is 31.3 Å². The van der Waals surface area contributed by atoms with E-state index < -0.39 is 0 Å². The number of nitrogens with zero attached hydrogens (tertiary/aromatic N) is 6. The van der Waals surface area contributed by atoms with Gasteiger partial charge >= 0.3 is 0 Å². The van der Waals surface area contributed by atoms with Gasteiger partial charge in [-0.05, 0) is 47.0 Å². The highest BCUT2D eigenvalue weighted by Gasteiger charge is 2.15. The molecule has 8 nitrogen and oxygen atoms in total. The molecule has 2 aromatic heterocycles. The molecule has 2 N–H and O–H groups in total. The molecule has 26 heavy (non-hydrogen) atoms. The number of allylic oxidation sites excluding steroid dienone is 4. The molecule has 0 spiro atoms. The lowest BCUT2D eigenvalue weighted by Gasteiger charge is -2.14. The van der Waals surface area contributed by atoms with Crippen LogP contribution in [-0.2, 0) is 6.54 Å². The summed E-state index contributed by atoms with van der Waals surface area (Å²) in [6.45, 7) is 3.33. The molecule has 0 aliphatic carbocycles. The van der Waals surface area contributed by atoms with Crippen molar-refractivity contribution in [2.75, 3.05) is 11.9 Å². The van der Waals surface area contributed by atoms with Gasteiger partial charge in [0.05, 0.1) is 16.0 Å². The van der Waals surface area contributed by atoms with Crippen molar-refractivity contribution < 1.29 is 0 Å². The molecule has 3 rings (SSSR count). The van der Waals surface area contributed by atoms with Gasteiger partial charge in [-0.2, -0.15) is 10.4 Å². The number of anilines is 1. The number of hydrogen-bond donors (Lipinski definition) is 2. The van der Waals surface area contributed by atoms with Gasteiger partial charge in [-0.15, -0.1) is 0 Å². The van der Waals surface area contributed by atoms with Crippen LogP contribution in [0, 0.1) is 18.3 Å². The van der Waals surface area contributed by atoms with Crippen molar-refractivity contribution >= 4 is 27.5 Å². The Labute approximate surface area is 159 Å². The highest BCUT2D eigenvalue weighted by atomic mass is 79.9. The molecule has 0 bridgehead atoms.